The number of halogens is 1. The summed E-state index contributed by atoms with van der Waals surface area (Å²) in [5.41, 5.74) is 1.58. The van der Waals surface area contributed by atoms with E-state index >= 15 is 0 Å². The second-order valence-electron chi connectivity index (χ2n) is 8.25. The zero-order valence-corrected chi connectivity index (χ0v) is 14.9. The van der Waals surface area contributed by atoms with Crippen LogP contribution >= 0.6 is 0 Å². The number of rotatable bonds is 4. The first-order valence-electron chi connectivity index (χ1n) is 9.74. The van der Waals surface area contributed by atoms with E-state index in [1.807, 2.05) is 12.1 Å². The minimum atomic E-state index is -0.294. The molecule has 0 unspecified atom stereocenters. The topological polar surface area (TPSA) is 12.9 Å². The fourth-order valence-corrected chi connectivity index (χ4v) is 4.74. The molecule has 1 heterocycles. The Bertz CT molecular complexity index is 497. The highest BCUT2D eigenvalue weighted by Crippen LogP contribution is 2.42. The van der Waals surface area contributed by atoms with E-state index in [2.05, 4.69) is 11.9 Å². The summed E-state index contributed by atoms with van der Waals surface area (Å²) < 4.78 is 13.5. The Morgan fingerprint density at radius 2 is 1.57 bits per heavy atom. The van der Waals surface area contributed by atoms with Crippen LogP contribution in [0.5, 0.6) is 0 Å². The van der Waals surface area contributed by atoms with Crippen LogP contribution in [0.25, 0.3) is 0 Å². The van der Waals surface area contributed by atoms with Crippen LogP contribution in [0.15, 0.2) is 12.1 Å². The summed E-state index contributed by atoms with van der Waals surface area (Å²) in [6, 6.07) is 3.85. The molecule has 0 spiro atoms. The monoisotopic (exact) mass is 317 g/mol. The average molecular weight is 317 g/mol. The van der Waals surface area contributed by atoms with Gasteiger partial charge in [-0.2, -0.15) is 4.39 Å². The lowest BCUT2D eigenvalue weighted by molar-refractivity contribution is 0.147. The van der Waals surface area contributed by atoms with Crippen LogP contribution in [0.1, 0.15) is 76.0 Å². The van der Waals surface area contributed by atoms with Gasteiger partial charge in [-0.15, -0.1) is 0 Å². The molecule has 0 aliphatic heterocycles. The van der Waals surface area contributed by atoms with Crippen molar-refractivity contribution in [3.05, 3.63) is 29.3 Å². The van der Waals surface area contributed by atoms with Crippen molar-refractivity contribution in [2.45, 2.75) is 78.1 Å². The number of hydrogen-bond donors (Lipinski definition) is 0. The van der Waals surface area contributed by atoms with E-state index in [1.165, 1.54) is 57.8 Å². The largest absolute Gasteiger partial charge is 0.225 e. The lowest BCUT2D eigenvalue weighted by Gasteiger charge is -2.37. The maximum absolute atomic E-state index is 13.5. The summed E-state index contributed by atoms with van der Waals surface area (Å²) in [4.78, 5) is 4.09. The highest BCUT2D eigenvalue weighted by atomic mass is 19.1. The molecule has 1 aromatic rings. The molecule has 2 saturated carbocycles. The standard InChI is InChI=1S/C21H32FN/c1-15-3-9-18(10-4-15)19-11-6-17(7-12-19)8-14-20-13-5-16(2)21(22)23-20/h5,13,15,17-19H,3-4,6-12,14H2,1-2H3. The highest BCUT2D eigenvalue weighted by Gasteiger charge is 2.29. The molecule has 3 rings (SSSR count). The van der Waals surface area contributed by atoms with Gasteiger partial charge in [-0.05, 0) is 75.2 Å². The first-order chi connectivity index (χ1) is 11.1. The quantitative estimate of drug-likeness (QED) is 0.612. The minimum Gasteiger partial charge on any atom is -0.225 e. The van der Waals surface area contributed by atoms with Crippen molar-refractivity contribution in [3.8, 4) is 0 Å². The molecular formula is C21H32FN. The molecule has 1 nitrogen and oxygen atoms in total. The van der Waals surface area contributed by atoms with Crippen LogP contribution in [-0.2, 0) is 6.42 Å². The van der Waals surface area contributed by atoms with E-state index in [1.54, 1.807) is 6.92 Å². The van der Waals surface area contributed by atoms with Gasteiger partial charge in [-0.1, -0.05) is 38.7 Å². The average Bonchev–Trinajstić information content (AvgIpc) is 2.57. The Hall–Kier alpha value is -0.920. The van der Waals surface area contributed by atoms with Gasteiger partial charge in [0.25, 0.3) is 0 Å². The third-order valence-electron chi connectivity index (χ3n) is 6.52. The molecule has 0 aromatic carbocycles. The molecule has 0 bridgehead atoms. The summed E-state index contributed by atoms with van der Waals surface area (Å²) in [5, 5.41) is 0. The lowest BCUT2D eigenvalue weighted by atomic mass is 9.69. The minimum absolute atomic E-state index is 0.294. The van der Waals surface area contributed by atoms with E-state index in [-0.39, 0.29) is 5.95 Å². The van der Waals surface area contributed by atoms with Gasteiger partial charge in [0.05, 0.1) is 0 Å². The number of nitrogens with zero attached hydrogens (tertiary/aromatic N) is 1. The maximum atomic E-state index is 13.5. The predicted molar refractivity (Wildman–Crippen MR) is 93.8 cm³/mol. The van der Waals surface area contributed by atoms with Crippen molar-refractivity contribution in [3.63, 3.8) is 0 Å². The molecule has 1 aromatic heterocycles. The third-order valence-corrected chi connectivity index (χ3v) is 6.52. The second-order valence-corrected chi connectivity index (χ2v) is 8.25. The number of aryl methyl sites for hydroxylation is 2. The Balaban J connectivity index is 1.41. The molecule has 2 fully saturated rings. The Morgan fingerprint density at radius 3 is 2.17 bits per heavy atom. The molecule has 23 heavy (non-hydrogen) atoms. The SMILES string of the molecule is Cc1ccc(CCC2CCC(C3CCC(C)CC3)CC2)nc1F. The molecule has 0 atom stereocenters. The Kier molecular flexibility index (Phi) is 5.71. The predicted octanol–water partition coefficient (Wildman–Crippen LogP) is 6.09. The van der Waals surface area contributed by atoms with E-state index in [0.29, 0.717) is 5.56 Å². The van der Waals surface area contributed by atoms with Crippen molar-refractivity contribution in [1.82, 2.24) is 4.98 Å². The first kappa shape index (κ1) is 16.9. The van der Waals surface area contributed by atoms with Gasteiger partial charge in [0.1, 0.15) is 0 Å². The summed E-state index contributed by atoms with van der Waals surface area (Å²) >= 11 is 0. The zero-order chi connectivity index (χ0) is 16.2. The van der Waals surface area contributed by atoms with Crippen molar-refractivity contribution in [1.29, 1.82) is 0 Å². The van der Waals surface area contributed by atoms with Crippen molar-refractivity contribution >= 4 is 0 Å². The molecule has 2 aliphatic carbocycles. The molecule has 2 aliphatic rings. The van der Waals surface area contributed by atoms with Gasteiger partial charge >= 0.3 is 0 Å². The Labute approximate surface area is 141 Å². The van der Waals surface area contributed by atoms with Crippen LogP contribution in [0.4, 0.5) is 4.39 Å². The van der Waals surface area contributed by atoms with Crippen LogP contribution in [0.2, 0.25) is 0 Å². The van der Waals surface area contributed by atoms with Crippen LogP contribution in [-0.4, -0.2) is 4.98 Å². The van der Waals surface area contributed by atoms with E-state index < -0.39 is 0 Å². The lowest BCUT2D eigenvalue weighted by Crippen LogP contribution is -2.25. The third kappa shape index (κ3) is 4.55. The maximum Gasteiger partial charge on any atom is 0.215 e. The van der Waals surface area contributed by atoms with Crippen LogP contribution in [0.3, 0.4) is 0 Å². The molecular weight excluding hydrogens is 285 g/mol. The zero-order valence-electron chi connectivity index (χ0n) is 14.9. The molecule has 0 saturated heterocycles. The normalized spacial score (nSPS) is 32.0. The highest BCUT2D eigenvalue weighted by molar-refractivity contribution is 5.14. The molecule has 0 amide bonds. The fourth-order valence-electron chi connectivity index (χ4n) is 4.74. The van der Waals surface area contributed by atoms with Crippen molar-refractivity contribution < 1.29 is 4.39 Å². The molecule has 0 N–H and O–H groups in total. The van der Waals surface area contributed by atoms with Crippen LogP contribution < -0.4 is 0 Å². The molecule has 0 radical (unpaired) electrons. The summed E-state index contributed by atoms with van der Waals surface area (Å²) in [6.45, 7) is 4.19. The van der Waals surface area contributed by atoms with Gasteiger partial charge in [0.15, 0.2) is 0 Å². The second kappa shape index (κ2) is 7.77. The van der Waals surface area contributed by atoms with E-state index in [0.717, 1.165) is 35.8 Å². The molecule has 2 heteroatoms. The van der Waals surface area contributed by atoms with Gasteiger partial charge < -0.3 is 0 Å². The number of hydrogen-bond acceptors (Lipinski definition) is 1. The summed E-state index contributed by atoms with van der Waals surface area (Å²) in [7, 11) is 0. The number of aromatic nitrogens is 1. The fraction of sp³-hybridized carbons (Fsp3) is 0.762. The summed E-state index contributed by atoms with van der Waals surface area (Å²) in [5.74, 6) is 3.51. The smallest absolute Gasteiger partial charge is 0.215 e. The van der Waals surface area contributed by atoms with Gasteiger partial charge in [-0.3, -0.25) is 0 Å². The van der Waals surface area contributed by atoms with Gasteiger partial charge in [-0.25, -0.2) is 4.98 Å². The van der Waals surface area contributed by atoms with Gasteiger partial charge in [0, 0.05) is 11.3 Å². The van der Waals surface area contributed by atoms with E-state index in [4.69, 9.17) is 0 Å². The summed E-state index contributed by atoms with van der Waals surface area (Å²) in [6.07, 6.45) is 13.6. The van der Waals surface area contributed by atoms with Crippen molar-refractivity contribution in [2.24, 2.45) is 23.7 Å². The molecule has 128 valence electrons. The number of pyridine rings is 1. The first-order valence-corrected chi connectivity index (χ1v) is 9.74. The van der Waals surface area contributed by atoms with Crippen molar-refractivity contribution in [2.75, 3.05) is 0 Å². The van der Waals surface area contributed by atoms with E-state index in [9.17, 15) is 4.39 Å². The van der Waals surface area contributed by atoms with Crippen LogP contribution in [0, 0.1) is 36.5 Å². The Morgan fingerprint density at radius 1 is 0.957 bits per heavy atom. The van der Waals surface area contributed by atoms with Gasteiger partial charge in [0.2, 0.25) is 5.95 Å².